The summed E-state index contributed by atoms with van der Waals surface area (Å²) >= 11 is 0. The van der Waals surface area contributed by atoms with Gasteiger partial charge < -0.3 is 10.0 Å². The zero-order chi connectivity index (χ0) is 17.1. The van der Waals surface area contributed by atoms with Crippen LogP contribution in [-0.2, 0) is 20.1 Å². The van der Waals surface area contributed by atoms with Gasteiger partial charge in [0.15, 0.2) is 0 Å². The van der Waals surface area contributed by atoms with Gasteiger partial charge in [0.05, 0.1) is 11.9 Å². The van der Waals surface area contributed by atoms with E-state index in [4.69, 9.17) is 0 Å². The van der Waals surface area contributed by atoms with Crippen LogP contribution < -0.4 is 0 Å². The maximum absolute atomic E-state index is 12.7. The molecule has 0 aliphatic carbocycles. The molecule has 2 aromatic rings. The molecule has 0 fully saturated rings. The quantitative estimate of drug-likeness (QED) is 0.866. The molecule has 8 heteroatoms. The van der Waals surface area contributed by atoms with Crippen LogP contribution in [0, 0.1) is 6.92 Å². The average Bonchev–Trinajstić information content (AvgIpc) is 3.07. The van der Waals surface area contributed by atoms with Gasteiger partial charge in [-0.15, -0.1) is 0 Å². The second-order valence-corrected chi connectivity index (χ2v) is 5.25. The van der Waals surface area contributed by atoms with E-state index in [2.05, 4.69) is 10.2 Å². The molecule has 0 saturated heterocycles. The normalized spacial score (nSPS) is 10.8. The highest BCUT2D eigenvalue weighted by Gasteiger charge is 2.26. The van der Waals surface area contributed by atoms with Crippen molar-refractivity contribution < 1.29 is 14.7 Å². The first kappa shape index (κ1) is 16.7. The zero-order valence-corrected chi connectivity index (χ0v) is 13.8. The van der Waals surface area contributed by atoms with Gasteiger partial charge in [-0.3, -0.25) is 14.2 Å². The molecule has 0 aromatic carbocycles. The summed E-state index contributed by atoms with van der Waals surface area (Å²) in [7, 11) is 1.56. The van der Waals surface area contributed by atoms with Crippen LogP contribution in [0.5, 0.6) is 0 Å². The molecular formula is C15H21N5O3. The first-order chi connectivity index (χ1) is 10.9. The number of carbonyl (C=O) groups excluding carboxylic acids is 1. The number of carboxylic acid groups (broad SMARTS) is 1. The molecule has 0 saturated carbocycles. The second-order valence-electron chi connectivity index (χ2n) is 5.25. The average molecular weight is 319 g/mol. The summed E-state index contributed by atoms with van der Waals surface area (Å²) in [6.45, 7) is 7.34. The molecule has 2 rings (SSSR count). The number of rotatable bonds is 6. The minimum Gasteiger partial charge on any atom is -0.478 e. The lowest BCUT2D eigenvalue weighted by molar-refractivity contribution is 0.0670. The summed E-state index contributed by atoms with van der Waals surface area (Å²) in [6.07, 6.45) is 3.11. The van der Waals surface area contributed by atoms with Gasteiger partial charge in [0, 0.05) is 38.4 Å². The summed E-state index contributed by atoms with van der Waals surface area (Å²) < 4.78 is 3.12. The van der Waals surface area contributed by atoms with Crippen molar-refractivity contribution in [2.45, 2.75) is 33.9 Å². The summed E-state index contributed by atoms with van der Waals surface area (Å²) in [5.41, 5.74) is 1.81. The van der Waals surface area contributed by atoms with Gasteiger partial charge in [0.1, 0.15) is 11.3 Å². The molecule has 0 aliphatic heterocycles. The Labute approximate surface area is 134 Å². The van der Waals surface area contributed by atoms with Gasteiger partial charge in [0.2, 0.25) is 0 Å². The summed E-state index contributed by atoms with van der Waals surface area (Å²) in [6, 6.07) is 0. The summed E-state index contributed by atoms with van der Waals surface area (Å²) in [5.74, 6) is -1.51. The number of nitrogens with zero attached hydrogens (tertiary/aromatic N) is 5. The fourth-order valence-corrected chi connectivity index (χ4v) is 2.41. The molecule has 0 aliphatic rings. The molecule has 1 N–H and O–H groups in total. The van der Waals surface area contributed by atoms with E-state index in [1.807, 2.05) is 31.6 Å². The Balaban J connectivity index is 2.30. The van der Waals surface area contributed by atoms with Crippen LogP contribution in [0.25, 0.3) is 0 Å². The topological polar surface area (TPSA) is 93.2 Å². The maximum atomic E-state index is 12.7. The zero-order valence-electron chi connectivity index (χ0n) is 13.8. The molecular weight excluding hydrogens is 298 g/mol. The predicted molar refractivity (Wildman–Crippen MR) is 83.2 cm³/mol. The van der Waals surface area contributed by atoms with E-state index < -0.39 is 5.97 Å². The molecule has 0 atom stereocenters. The van der Waals surface area contributed by atoms with Crippen molar-refractivity contribution in [2.75, 3.05) is 6.54 Å². The molecule has 0 bridgehead atoms. The highest BCUT2D eigenvalue weighted by Crippen LogP contribution is 2.15. The van der Waals surface area contributed by atoms with Crippen LogP contribution in [0.3, 0.4) is 0 Å². The summed E-state index contributed by atoms with van der Waals surface area (Å²) in [4.78, 5) is 25.6. The number of amides is 1. The predicted octanol–water partition coefficient (Wildman–Crippen LogP) is 1.31. The maximum Gasteiger partial charge on any atom is 0.339 e. The Morgan fingerprint density at radius 3 is 2.57 bits per heavy atom. The highest BCUT2D eigenvalue weighted by molar-refractivity contribution is 6.03. The molecule has 2 aromatic heterocycles. The first-order valence-corrected chi connectivity index (χ1v) is 7.46. The van der Waals surface area contributed by atoms with Crippen LogP contribution in [0.1, 0.15) is 46.0 Å². The van der Waals surface area contributed by atoms with Crippen LogP contribution in [-0.4, -0.2) is 48.0 Å². The van der Waals surface area contributed by atoms with Gasteiger partial charge >= 0.3 is 5.97 Å². The fraction of sp³-hybridized carbons (Fsp3) is 0.467. The van der Waals surface area contributed by atoms with Crippen molar-refractivity contribution in [3.8, 4) is 0 Å². The van der Waals surface area contributed by atoms with E-state index in [-0.39, 0.29) is 17.2 Å². The Hall–Kier alpha value is -2.64. The number of hydrogen-bond donors (Lipinski definition) is 1. The van der Waals surface area contributed by atoms with E-state index in [9.17, 15) is 14.7 Å². The van der Waals surface area contributed by atoms with E-state index in [1.54, 1.807) is 11.9 Å². The molecule has 2 heterocycles. The third-order valence-corrected chi connectivity index (χ3v) is 3.77. The molecule has 23 heavy (non-hydrogen) atoms. The summed E-state index contributed by atoms with van der Waals surface area (Å²) in [5, 5.41) is 17.5. The van der Waals surface area contributed by atoms with E-state index in [1.165, 1.54) is 10.9 Å². The standard InChI is InChI=1S/C15H21N5O3/c1-5-19(8-11-9-20(6-2)17-10(11)3)14(21)13-12(15(22)23)7-16-18(13)4/h7,9H,5-6,8H2,1-4H3,(H,22,23). The lowest BCUT2D eigenvalue weighted by Gasteiger charge is -2.21. The lowest BCUT2D eigenvalue weighted by atomic mass is 10.2. The van der Waals surface area contributed by atoms with Crippen LogP contribution >= 0.6 is 0 Å². The number of hydrogen-bond acceptors (Lipinski definition) is 4. The van der Waals surface area contributed by atoms with Gasteiger partial charge in [0.25, 0.3) is 5.91 Å². The molecule has 0 spiro atoms. The van der Waals surface area contributed by atoms with E-state index in [0.717, 1.165) is 17.8 Å². The van der Waals surface area contributed by atoms with E-state index in [0.29, 0.717) is 13.1 Å². The third-order valence-electron chi connectivity index (χ3n) is 3.77. The largest absolute Gasteiger partial charge is 0.478 e. The number of aromatic carboxylic acids is 1. The Morgan fingerprint density at radius 2 is 2.04 bits per heavy atom. The SMILES string of the molecule is CCN(Cc1cn(CC)nc1C)C(=O)c1c(C(=O)O)cnn1C. The van der Waals surface area contributed by atoms with Crippen LogP contribution in [0.4, 0.5) is 0 Å². The molecule has 0 unspecified atom stereocenters. The number of aryl methyl sites for hydroxylation is 3. The van der Waals surface area contributed by atoms with Gasteiger partial charge in [-0.25, -0.2) is 4.79 Å². The number of carboxylic acids is 1. The molecule has 1 amide bonds. The van der Waals surface area contributed by atoms with Gasteiger partial charge in [-0.1, -0.05) is 0 Å². The van der Waals surface area contributed by atoms with Gasteiger partial charge in [-0.2, -0.15) is 10.2 Å². The second kappa shape index (κ2) is 6.64. The van der Waals surface area contributed by atoms with Crippen molar-refractivity contribution in [2.24, 2.45) is 7.05 Å². The monoisotopic (exact) mass is 319 g/mol. The molecule has 8 nitrogen and oxygen atoms in total. The minimum atomic E-state index is -1.16. The third kappa shape index (κ3) is 3.25. The van der Waals surface area contributed by atoms with E-state index >= 15 is 0 Å². The smallest absolute Gasteiger partial charge is 0.339 e. The van der Waals surface area contributed by atoms with Crippen molar-refractivity contribution >= 4 is 11.9 Å². The highest BCUT2D eigenvalue weighted by atomic mass is 16.4. The van der Waals surface area contributed by atoms with Crippen molar-refractivity contribution in [1.29, 1.82) is 0 Å². The molecule has 0 radical (unpaired) electrons. The Kier molecular flexibility index (Phi) is 4.83. The van der Waals surface area contributed by atoms with Crippen molar-refractivity contribution in [1.82, 2.24) is 24.5 Å². The van der Waals surface area contributed by atoms with Crippen LogP contribution in [0.2, 0.25) is 0 Å². The fourth-order valence-electron chi connectivity index (χ4n) is 2.41. The van der Waals surface area contributed by atoms with Crippen LogP contribution in [0.15, 0.2) is 12.4 Å². The van der Waals surface area contributed by atoms with Crippen molar-refractivity contribution in [3.05, 3.63) is 34.9 Å². The van der Waals surface area contributed by atoms with Gasteiger partial charge in [-0.05, 0) is 20.8 Å². The minimum absolute atomic E-state index is 0.0832. The first-order valence-electron chi connectivity index (χ1n) is 7.46. The lowest BCUT2D eigenvalue weighted by Crippen LogP contribution is -2.33. The number of aromatic nitrogens is 4. The number of carbonyl (C=O) groups is 2. The Morgan fingerprint density at radius 1 is 1.35 bits per heavy atom. The van der Waals surface area contributed by atoms with Crippen molar-refractivity contribution in [3.63, 3.8) is 0 Å². The Bertz CT molecular complexity index is 732. The molecule has 124 valence electrons.